The maximum absolute atomic E-state index is 10.7. The van der Waals surface area contributed by atoms with Crippen LogP contribution in [0.3, 0.4) is 0 Å². The van der Waals surface area contributed by atoms with Crippen molar-refractivity contribution in [3.05, 3.63) is 22.2 Å². The Morgan fingerprint density at radius 3 is 2.81 bits per heavy atom. The normalized spacial score (nSPS) is 8.94. The third-order valence-electron chi connectivity index (χ3n) is 1.85. The topological polar surface area (TPSA) is 35.5 Å². The molecule has 0 saturated heterocycles. The summed E-state index contributed by atoms with van der Waals surface area (Å²) in [6.45, 7) is 2.02. The van der Waals surface area contributed by atoms with Gasteiger partial charge in [-0.2, -0.15) is 0 Å². The number of rotatable bonds is 4. The molecule has 3 nitrogen and oxygen atoms in total. The summed E-state index contributed by atoms with van der Waals surface area (Å²) in [5.41, 5.74) is 0.526. The Morgan fingerprint density at radius 1 is 1.50 bits per heavy atom. The van der Waals surface area contributed by atoms with Gasteiger partial charge in [0.15, 0.2) is 11.5 Å². The highest BCUT2D eigenvalue weighted by Gasteiger charge is 2.10. The van der Waals surface area contributed by atoms with Crippen LogP contribution in [0.15, 0.2) is 16.6 Å². The van der Waals surface area contributed by atoms with Crippen molar-refractivity contribution in [1.82, 2.24) is 0 Å². The highest BCUT2D eigenvalue weighted by Crippen LogP contribution is 2.36. The second-order valence-electron chi connectivity index (χ2n) is 2.87. The number of hydrogen-bond donors (Lipinski definition) is 0. The molecule has 0 atom stereocenters. The molecule has 0 aliphatic carbocycles. The van der Waals surface area contributed by atoms with Crippen LogP contribution >= 0.6 is 15.9 Å². The van der Waals surface area contributed by atoms with E-state index in [-0.39, 0.29) is 6.61 Å². The molecule has 0 aliphatic heterocycles. The Balaban J connectivity index is 3.04. The van der Waals surface area contributed by atoms with Crippen molar-refractivity contribution in [3.63, 3.8) is 0 Å². The Labute approximate surface area is 103 Å². The molecule has 0 N–H and O–H groups in total. The Morgan fingerprint density at radius 2 is 2.25 bits per heavy atom. The smallest absolute Gasteiger partial charge is 0.176 e. The van der Waals surface area contributed by atoms with Crippen LogP contribution < -0.4 is 9.47 Å². The van der Waals surface area contributed by atoms with E-state index in [1.54, 1.807) is 19.1 Å². The second-order valence-corrected chi connectivity index (χ2v) is 3.72. The molecule has 1 rings (SSSR count). The SMILES string of the molecule is CC#CCOc1c(Br)cc(C=O)cc1OC. The summed E-state index contributed by atoms with van der Waals surface area (Å²) in [7, 11) is 1.52. The number of aldehydes is 1. The van der Waals surface area contributed by atoms with Crippen LogP contribution in [-0.2, 0) is 0 Å². The van der Waals surface area contributed by atoms with Crippen molar-refractivity contribution in [2.75, 3.05) is 13.7 Å². The van der Waals surface area contributed by atoms with E-state index >= 15 is 0 Å². The third-order valence-corrected chi connectivity index (χ3v) is 2.44. The summed E-state index contributed by atoms with van der Waals surface area (Å²) in [5, 5.41) is 0. The average molecular weight is 283 g/mol. The van der Waals surface area contributed by atoms with Gasteiger partial charge in [0.25, 0.3) is 0 Å². The van der Waals surface area contributed by atoms with E-state index in [4.69, 9.17) is 9.47 Å². The maximum atomic E-state index is 10.7. The summed E-state index contributed by atoms with van der Waals surface area (Å²) in [6, 6.07) is 3.29. The molecule has 0 spiro atoms. The van der Waals surface area contributed by atoms with E-state index in [0.29, 0.717) is 21.5 Å². The zero-order valence-corrected chi connectivity index (χ0v) is 10.6. The monoisotopic (exact) mass is 282 g/mol. The van der Waals surface area contributed by atoms with Gasteiger partial charge in [0.05, 0.1) is 11.6 Å². The lowest BCUT2D eigenvalue weighted by Crippen LogP contribution is -1.99. The summed E-state index contributed by atoms with van der Waals surface area (Å²) in [5.74, 6) is 6.58. The fourth-order valence-electron chi connectivity index (χ4n) is 1.13. The predicted molar refractivity (Wildman–Crippen MR) is 65.0 cm³/mol. The minimum absolute atomic E-state index is 0.284. The fourth-order valence-corrected chi connectivity index (χ4v) is 1.70. The highest BCUT2D eigenvalue weighted by atomic mass is 79.9. The van der Waals surface area contributed by atoms with Crippen LogP contribution in [0.4, 0.5) is 0 Å². The summed E-state index contributed by atoms with van der Waals surface area (Å²) in [6.07, 6.45) is 0.753. The molecule has 0 amide bonds. The third kappa shape index (κ3) is 3.01. The lowest BCUT2D eigenvalue weighted by Gasteiger charge is -2.11. The molecule has 1 aromatic carbocycles. The molecule has 0 fully saturated rings. The maximum Gasteiger partial charge on any atom is 0.176 e. The van der Waals surface area contributed by atoms with Crippen molar-refractivity contribution in [3.8, 4) is 23.3 Å². The molecule has 0 heterocycles. The van der Waals surface area contributed by atoms with E-state index in [1.165, 1.54) is 7.11 Å². The molecule has 0 saturated carbocycles. The first kappa shape index (κ1) is 12.6. The molecule has 16 heavy (non-hydrogen) atoms. The summed E-state index contributed by atoms with van der Waals surface area (Å²) in [4.78, 5) is 10.7. The Hall–Kier alpha value is -1.47. The lowest BCUT2D eigenvalue weighted by molar-refractivity contribution is 0.112. The average Bonchev–Trinajstić information content (AvgIpc) is 2.30. The molecule has 1 aromatic rings. The number of benzene rings is 1. The Kier molecular flexibility index (Phi) is 4.87. The minimum Gasteiger partial charge on any atom is -0.493 e. The van der Waals surface area contributed by atoms with Crippen LogP contribution in [0.1, 0.15) is 17.3 Å². The van der Waals surface area contributed by atoms with Crippen molar-refractivity contribution >= 4 is 22.2 Å². The predicted octanol–water partition coefficient (Wildman–Crippen LogP) is 2.67. The fraction of sp³-hybridized carbons (Fsp3) is 0.250. The number of hydrogen-bond acceptors (Lipinski definition) is 3. The van der Waals surface area contributed by atoms with Gasteiger partial charge in [0.2, 0.25) is 0 Å². The second kappa shape index (κ2) is 6.19. The first-order valence-corrected chi connectivity index (χ1v) is 5.37. The van der Waals surface area contributed by atoms with Crippen molar-refractivity contribution in [2.24, 2.45) is 0 Å². The van der Waals surface area contributed by atoms with Gasteiger partial charge in [0, 0.05) is 5.56 Å². The number of methoxy groups -OCH3 is 1. The summed E-state index contributed by atoms with van der Waals surface area (Å²) >= 11 is 3.32. The summed E-state index contributed by atoms with van der Waals surface area (Å²) < 4.78 is 11.2. The highest BCUT2D eigenvalue weighted by molar-refractivity contribution is 9.10. The lowest BCUT2D eigenvalue weighted by atomic mass is 10.2. The van der Waals surface area contributed by atoms with Crippen LogP contribution in [0.5, 0.6) is 11.5 Å². The first-order chi connectivity index (χ1) is 7.72. The molecular formula is C12H11BrO3. The van der Waals surface area contributed by atoms with E-state index in [2.05, 4.69) is 27.8 Å². The Bertz CT molecular complexity index is 444. The largest absolute Gasteiger partial charge is 0.493 e. The zero-order valence-electron chi connectivity index (χ0n) is 9.04. The molecule has 0 radical (unpaired) electrons. The first-order valence-electron chi connectivity index (χ1n) is 4.58. The minimum atomic E-state index is 0.284. The van der Waals surface area contributed by atoms with Crippen molar-refractivity contribution in [2.45, 2.75) is 6.92 Å². The van der Waals surface area contributed by atoms with E-state index in [0.717, 1.165) is 6.29 Å². The molecule has 4 heteroatoms. The standard InChI is InChI=1S/C12H11BrO3/c1-3-4-5-16-12-10(13)6-9(8-14)7-11(12)15-2/h6-8H,5H2,1-2H3. The van der Waals surface area contributed by atoms with Gasteiger partial charge in [0.1, 0.15) is 12.9 Å². The van der Waals surface area contributed by atoms with Crippen molar-refractivity contribution < 1.29 is 14.3 Å². The van der Waals surface area contributed by atoms with Crippen LogP contribution in [0.25, 0.3) is 0 Å². The van der Waals surface area contributed by atoms with Gasteiger partial charge in [-0.15, -0.1) is 5.92 Å². The van der Waals surface area contributed by atoms with Crippen LogP contribution in [0.2, 0.25) is 0 Å². The number of ether oxygens (including phenoxy) is 2. The van der Waals surface area contributed by atoms with E-state index in [9.17, 15) is 4.79 Å². The quantitative estimate of drug-likeness (QED) is 0.629. The number of carbonyl (C=O) groups is 1. The van der Waals surface area contributed by atoms with Crippen LogP contribution in [-0.4, -0.2) is 20.0 Å². The molecule has 0 bridgehead atoms. The molecule has 0 unspecified atom stereocenters. The number of carbonyl (C=O) groups excluding carboxylic acids is 1. The van der Waals surface area contributed by atoms with E-state index in [1.807, 2.05) is 0 Å². The van der Waals surface area contributed by atoms with Gasteiger partial charge in [-0.05, 0) is 35.0 Å². The molecule has 0 aliphatic rings. The van der Waals surface area contributed by atoms with Gasteiger partial charge < -0.3 is 9.47 Å². The number of halogens is 1. The van der Waals surface area contributed by atoms with E-state index < -0.39 is 0 Å². The van der Waals surface area contributed by atoms with Gasteiger partial charge in [-0.25, -0.2) is 0 Å². The molecule has 84 valence electrons. The molecular weight excluding hydrogens is 272 g/mol. The van der Waals surface area contributed by atoms with Gasteiger partial charge in [-0.3, -0.25) is 4.79 Å². The van der Waals surface area contributed by atoms with Crippen LogP contribution in [0, 0.1) is 11.8 Å². The van der Waals surface area contributed by atoms with Gasteiger partial charge in [-0.1, -0.05) is 5.92 Å². The van der Waals surface area contributed by atoms with Crippen molar-refractivity contribution in [1.29, 1.82) is 0 Å². The molecule has 0 aromatic heterocycles. The van der Waals surface area contributed by atoms with Gasteiger partial charge >= 0.3 is 0 Å². The zero-order chi connectivity index (χ0) is 12.0.